The van der Waals surface area contributed by atoms with Crippen molar-refractivity contribution < 1.29 is 53.3 Å². The van der Waals surface area contributed by atoms with Crippen LogP contribution in [0.5, 0.6) is 0 Å². The Balaban J connectivity index is 0.000000577. The fourth-order valence-corrected chi connectivity index (χ4v) is 2.64. The minimum atomic E-state index is -4.82. The number of halogens is 6. The van der Waals surface area contributed by atoms with Gasteiger partial charge < -0.3 is 20.0 Å². The number of alkyl halides is 6. The topological polar surface area (TPSA) is 104 Å². The fraction of sp³-hybridized carbons (Fsp3) is 0.200. The molecule has 0 aromatic carbocycles. The van der Waals surface area contributed by atoms with Crippen LogP contribution < -0.4 is 20.0 Å². The van der Waals surface area contributed by atoms with Gasteiger partial charge in [0.25, 0.3) is 0 Å². The smallest absolute Gasteiger partial charge is 0.869 e. The zero-order chi connectivity index (χ0) is 33.2. The van der Waals surface area contributed by atoms with Gasteiger partial charge in [-0.1, -0.05) is 12.1 Å². The van der Waals surface area contributed by atoms with Crippen molar-refractivity contribution in [1.29, 1.82) is 0 Å². The molecule has 45 heavy (non-hydrogen) atoms. The average Bonchev–Trinajstić information content (AvgIpc) is 2.99. The third kappa shape index (κ3) is 17.9. The second-order valence-electron chi connectivity index (χ2n) is 8.72. The standard InChI is InChI=1S/2C8H6F3NO.2C7H10N2.Co/c2*9-8(10,11)7(13)5-6-3-1-2-4-12-6;2*1-9(2)7-3-5-8-6-4-7;/h2*1-5,13H;2*3-6H,1-2H3;/q;;;;+2/p-2/b2*7-5-;;;. The van der Waals surface area contributed by atoms with Crippen molar-refractivity contribution in [3.05, 3.63) is 121 Å². The van der Waals surface area contributed by atoms with Gasteiger partial charge >= 0.3 is 29.1 Å². The molecule has 243 valence electrons. The van der Waals surface area contributed by atoms with Gasteiger partial charge in [0.2, 0.25) is 0 Å². The molecule has 0 bridgehead atoms. The van der Waals surface area contributed by atoms with Crippen LogP contribution in [0, 0.1) is 0 Å². The summed E-state index contributed by atoms with van der Waals surface area (Å²) >= 11 is 0. The molecule has 0 aliphatic heterocycles. The van der Waals surface area contributed by atoms with E-state index in [-0.39, 0.29) is 28.2 Å². The van der Waals surface area contributed by atoms with Crippen LogP contribution in [0.2, 0.25) is 0 Å². The third-order valence-electron chi connectivity index (χ3n) is 4.85. The van der Waals surface area contributed by atoms with Crippen LogP contribution >= 0.6 is 0 Å². The Kier molecular flexibility index (Phi) is 18.3. The third-order valence-corrected chi connectivity index (χ3v) is 4.85. The summed E-state index contributed by atoms with van der Waals surface area (Å²) in [6.45, 7) is 0. The van der Waals surface area contributed by atoms with Crippen molar-refractivity contribution >= 4 is 23.5 Å². The second kappa shape index (κ2) is 20.3. The molecule has 0 unspecified atom stereocenters. The zero-order valence-corrected chi connectivity index (χ0v) is 25.5. The molecule has 0 fully saturated rings. The van der Waals surface area contributed by atoms with E-state index >= 15 is 0 Å². The minimum Gasteiger partial charge on any atom is -0.869 e. The molecule has 0 aliphatic rings. The maximum atomic E-state index is 11.7. The monoisotopic (exact) mass is 679 g/mol. The van der Waals surface area contributed by atoms with Gasteiger partial charge in [0.05, 0.1) is 11.4 Å². The first-order valence-electron chi connectivity index (χ1n) is 12.5. The quantitative estimate of drug-likeness (QED) is 0.220. The van der Waals surface area contributed by atoms with Crippen LogP contribution in [-0.4, -0.2) is 60.5 Å². The van der Waals surface area contributed by atoms with Crippen molar-refractivity contribution in [2.24, 2.45) is 0 Å². The Morgan fingerprint density at radius 2 is 0.867 bits per heavy atom. The summed E-state index contributed by atoms with van der Waals surface area (Å²) < 4.78 is 70.4. The largest absolute Gasteiger partial charge is 2.00 e. The zero-order valence-electron chi connectivity index (χ0n) is 24.5. The van der Waals surface area contributed by atoms with Gasteiger partial charge in [-0.05, 0) is 72.2 Å². The van der Waals surface area contributed by atoms with E-state index in [1.54, 1.807) is 36.9 Å². The number of pyridine rings is 4. The van der Waals surface area contributed by atoms with Gasteiger partial charge in [0, 0.05) is 76.7 Å². The number of anilines is 2. The van der Waals surface area contributed by atoms with Crippen molar-refractivity contribution in [3.8, 4) is 0 Å². The van der Waals surface area contributed by atoms with E-state index in [1.165, 1.54) is 48.0 Å². The van der Waals surface area contributed by atoms with E-state index in [1.807, 2.05) is 62.3 Å². The maximum Gasteiger partial charge on any atom is 2.00 e. The van der Waals surface area contributed by atoms with E-state index in [4.69, 9.17) is 0 Å². The van der Waals surface area contributed by atoms with Crippen molar-refractivity contribution in [1.82, 2.24) is 19.9 Å². The molecule has 0 N–H and O–H groups in total. The first-order chi connectivity index (χ1) is 20.6. The Labute approximate surface area is 267 Å². The van der Waals surface area contributed by atoms with Crippen molar-refractivity contribution in [3.63, 3.8) is 0 Å². The number of rotatable bonds is 4. The minimum absolute atomic E-state index is 0. The van der Waals surface area contributed by atoms with Gasteiger partial charge in [0.15, 0.2) is 0 Å². The second-order valence-corrected chi connectivity index (χ2v) is 8.72. The van der Waals surface area contributed by atoms with Crippen LogP contribution in [0.15, 0.2) is 109 Å². The SMILES string of the molecule is CN(C)c1ccncc1.CN(C)c1ccncc1.[Co+2].[O-]/C(=C\c1ccccn1)C(F)(F)F.[O-]/C(=C\c1ccccn1)C(F)(F)F. The molecule has 8 nitrogen and oxygen atoms in total. The normalized spacial score (nSPS) is 11.2. The van der Waals surface area contributed by atoms with E-state index < -0.39 is 23.9 Å². The Bertz CT molecular complexity index is 1280. The first kappa shape index (κ1) is 40.4. The van der Waals surface area contributed by atoms with Crippen LogP contribution in [0.3, 0.4) is 0 Å². The number of allylic oxidation sites excluding steroid dienone is 2. The molecular weight excluding hydrogens is 649 g/mol. The van der Waals surface area contributed by atoms with Crippen molar-refractivity contribution in [2.45, 2.75) is 12.4 Å². The maximum absolute atomic E-state index is 11.7. The van der Waals surface area contributed by atoms with Gasteiger partial charge in [-0.15, -0.1) is 0 Å². The van der Waals surface area contributed by atoms with E-state index in [0.717, 1.165) is 0 Å². The molecule has 0 saturated carbocycles. The fourth-order valence-electron chi connectivity index (χ4n) is 2.64. The summed E-state index contributed by atoms with van der Waals surface area (Å²) in [6, 6.07) is 16.6. The molecular formula is C30H30CoF6N6O2. The molecule has 4 heterocycles. The molecule has 4 aromatic heterocycles. The van der Waals surface area contributed by atoms with Crippen LogP contribution in [0.1, 0.15) is 11.4 Å². The molecule has 0 amide bonds. The molecule has 0 spiro atoms. The molecule has 0 atom stereocenters. The summed E-state index contributed by atoms with van der Waals surface area (Å²) in [5, 5.41) is 20.8. The van der Waals surface area contributed by atoms with Crippen LogP contribution in [0.25, 0.3) is 12.2 Å². The van der Waals surface area contributed by atoms with Crippen LogP contribution in [-0.2, 0) is 16.8 Å². The molecule has 4 rings (SSSR count). The number of aromatic nitrogens is 4. The van der Waals surface area contributed by atoms with E-state index in [2.05, 4.69) is 19.9 Å². The van der Waals surface area contributed by atoms with E-state index in [0.29, 0.717) is 12.2 Å². The van der Waals surface area contributed by atoms with Gasteiger partial charge in [-0.25, -0.2) is 0 Å². The predicted octanol–water partition coefficient (Wildman–Crippen LogP) is 4.98. The summed E-state index contributed by atoms with van der Waals surface area (Å²) in [5.41, 5.74) is 2.38. The summed E-state index contributed by atoms with van der Waals surface area (Å²) in [5.74, 6) is -3.79. The molecule has 0 saturated heterocycles. The van der Waals surface area contributed by atoms with Gasteiger partial charge in [-0.3, -0.25) is 19.9 Å². The Morgan fingerprint density at radius 3 is 1.07 bits per heavy atom. The molecule has 4 aromatic rings. The average molecular weight is 680 g/mol. The molecule has 0 aliphatic carbocycles. The number of nitrogens with zero attached hydrogens (tertiary/aromatic N) is 6. The summed E-state index contributed by atoms with van der Waals surface area (Å²) in [6.07, 6.45) is 1.05. The Morgan fingerprint density at radius 1 is 0.556 bits per heavy atom. The first-order valence-corrected chi connectivity index (χ1v) is 12.5. The predicted molar refractivity (Wildman–Crippen MR) is 154 cm³/mol. The Hall–Kier alpha value is -4.63. The number of hydrogen-bond acceptors (Lipinski definition) is 8. The summed E-state index contributed by atoms with van der Waals surface area (Å²) in [7, 11) is 8.04. The molecule has 15 heteroatoms. The van der Waals surface area contributed by atoms with Gasteiger partial charge in [0.1, 0.15) is 0 Å². The molecule has 1 radical (unpaired) electrons. The van der Waals surface area contributed by atoms with Gasteiger partial charge in [-0.2, -0.15) is 26.3 Å². The van der Waals surface area contributed by atoms with Crippen molar-refractivity contribution in [2.75, 3.05) is 38.0 Å². The van der Waals surface area contributed by atoms with Crippen LogP contribution in [0.4, 0.5) is 37.7 Å². The van der Waals surface area contributed by atoms with E-state index in [9.17, 15) is 36.6 Å². The number of hydrogen-bond donors (Lipinski definition) is 0. The summed E-state index contributed by atoms with van der Waals surface area (Å²) in [4.78, 5) is 19.0.